The van der Waals surface area contributed by atoms with Gasteiger partial charge in [0.15, 0.2) is 11.5 Å². The highest BCUT2D eigenvalue weighted by Gasteiger charge is 2.25. The van der Waals surface area contributed by atoms with Crippen molar-refractivity contribution in [2.24, 2.45) is 0 Å². The zero-order valence-electron chi connectivity index (χ0n) is 15.0. The summed E-state index contributed by atoms with van der Waals surface area (Å²) in [5, 5.41) is 3.09. The predicted octanol–water partition coefficient (Wildman–Crippen LogP) is 2.88. The molecule has 0 atom stereocenters. The Bertz CT molecular complexity index is 809. The third kappa shape index (κ3) is 3.47. The molecule has 0 radical (unpaired) electrons. The zero-order valence-corrected chi connectivity index (χ0v) is 15.0. The Balaban J connectivity index is 1.29. The summed E-state index contributed by atoms with van der Waals surface area (Å²) in [6, 6.07) is 5.82. The lowest BCUT2D eigenvalue weighted by Gasteiger charge is -2.29. The number of ether oxygens (including phenoxy) is 3. The number of nitrogens with zero attached hydrogens (tertiary/aromatic N) is 1. The minimum atomic E-state index is -0.105. The summed E-state index contributed by atoms with van der Waals surface area (Å²) in [5.74, 6) is 2.94. The fraction of sp³-hybridized carbons (Fsp3) is 0.474. The first kappa shape index (κ1) is 16.8. The number of fused-ring (bicyclic) bond motifs is 1. The molecular formula is C19H23N3O4. The molecule has 1 aromatic carbocycles. The molecule has 1 saturated carbocycles. The fourth-order valence-corrected chi connectivity index (χ4v) is 3.55. The van der Waals surface area contributed by atoms with Crippen molar-refractivity contribution in [3.8, 4) is 17.2 Å². The molecule has 2 N–H and O–H groups in total. The summed E-state index contributed by atoms with van der Waals surface area (Å²) in [6.07, 6.45) is 3.74. The number of hydrogen-bond donors (Lipinski definition) is 2. The Kier molecular flexibility index (Phi) is 4.44. The molecule has 2 aliphatic rings. The number of benzene rings is 1. The van der Waals surface area contributed by atoms with Gasteiger partial charge < -0.3 is 24.5 Å². The third-order valence-corrected chi connectivity index (χ3v) is 4.87. The Morgan fingerprint density at radius 1 is 1.19 bits per heavy atom. The van der Waals surface area contributed by atoms with Crippen LogP contribution < -0.4 is 19.5 Å². The molecule has 1 aliphatic heterocycles. The molecular weight excluding hydrogens is 334 g/mol. The van der Waals surface area contributed by atoms with Crippen LogP contribution in [0.1, 0.15) is 47.7 Å². The van der Waals surface area contributed by atoms with Gasteiger partial charge in [0.05, 0.1) is 6.10 Å². The van der Waals surface area contributed by atoms with Gasteiger partial charge in [-0.15, -0.1) is 0 Å². The number of carbonyl (C=O) groups is 1. The van der Waals surface area contributed by atoms with E-state index in [4.69, 9.17) is 14.2 Å². The van der Waals surface area contributed by atoms with Crippen molar-refractivity contribution in [1.82, 2.24) is 15.3 Å². The average molecular weight is 357 g/mol. The molecule has 4 rings (SSSR count). The summed E-state index contributed by atoms with van der Waals surface area (Å²) in [7, 11) is 0. The van der Waals surface area contributed by atoms with Crippen molar-refractivity contribution in [1.29, 1.82) is 0 Å². The quantitative estimate of drug-likeness (QED) is 0.879. The summed E-state index contributed by atoms with van der Waals surface area (Å²) in [4.78, 5) is 19.7. The molecule has 2 aromatic rings. The van der Waals surface area contributed by atoms with E-state index in [9.17, 15) is 4.79 Å². The van der Waals surface area contributed by atoms with Crippen molar-refractivity contribution < 1.29 is 19.0 Å². The summed E-state index contributed by atoms with van der Waals surface area (Å²) in [5.41, 5.74) is 1.29. The van der Waals surface area contributed by atoms with Gasteiger partial charge in [-0.1, -0.05) is 0 Å². The second-order valence-electron chi connectivity index (χ2n) is 6.88. The number of carbonyl (C=O) groups excluding carboxylic acids is 1. The molecule has 1 amide bonds. The van der Waals surface area contributed by atoms with Crippen LogP contribution in [0.25, 0.3) is 0 Å². The lowest BCUT2D eigenvalue weighted by atomic mass is 9.92. The molecule has 0 saturated heterocycles. The maximum Gasteiger partial charge on any atom is 0.271 e. The van der Waals surface area contributed by atoms with Crippen LogP contribution in [0.4, 0.5) is 0 Å². The number of aryl methyl sites for hydroxylation is 2. The van der Waals surface area contributed by atoms with Gasteiger partial charge in [-0.05, 0) is 51.7 Å². The third-order valence-electron chi connectivity index (χ3n) is 4.87. The van der Waals surface area contributed by atoms with E-state index < -0.39 is 0 Å². The van der Waals surface area contributed by atoms with E-state index >= 15 is 0 Å². The summed E-state index contributed by atoms with van der Waals surface area (Å²) in [6.45, 7) is 3.98. The van der Waals surface area contributed by atoms with E-state index in [1.807, 2.05) is 32.0 Å². The molecule has 0 spiro atoms. The minimum Gasteiger partial charge on any atom is -0.490 e. The number of aromatic amines is 1. The van der Waals surface area contributed by atoms with Crippen LogP contribution in [0.2, 0.25) is 0 Å². The van der Waals surface area contributed by atoms with Crippen molar-refractivity contribution in [3.05, 3.63) is 35.4 Å². The molecule has 0 bridgehead atoms. The van der Waals surface area contributed by atoms with Gasteiger partial charge in [-0.25, -0.2) is 4.98 Å². The molecule has 1 aromatic heterocycles. The SMILES string of the molecule is Cc1nc(C(=O)NC2CCC(Oc3ccc4c(c3)OCO4)CC2)c(C)[nH]1. The standard InChI is InChI=1S/C19H23N3O4/c1-11-18(21-12(2)20-11)19(23)22-13-3-5-14(6-4-13)26-15-7-8-16-17(9-15)25-10-24-16/h7-9,13-14H,3-6,10H2,1-2H3,(H,20,21)(H,22,23). The molecule has 7 nitrogen and oxygen atoms in total. The molecule has 1 aliphatic carbocycles. The van der Waals surface area contributed by atoms with E-state index in [1.54, 1.807) is 0 Å². The van der Waals surface area contributed by atoms with Crippen molar-refractivity contribution in [2.45, 2.75) is 51.7 Å². The maximum absolute atomic E-state index is 12.4. The fourth-order valence-electron chi connectivity index (χ4n) is 3.55. The Morgan fingerprint density at radius 3 is 2.69 bits per heavy atom. The number of H-pyrrole nitrogens is 1. The Labute approximate surface area is 152 Å². The maximum atomic E-state index is 12.4. The molecule has 26 heavy (non-hydrogen) atoms. The zero-order chi connectivity index (χ0) is 18.1. The van der Waals surface area contributed by atoms with E-state index in [1.165, 1.54) is 0 Å². The number of rotatable bonds is 4. The molecule has 138 valence electrons. The van der Waals surface area contributed by atoms with Gasteiger partial charge in [0.2, 0.25) is 6.79 Å². The van der Waals surface area contributed by atoms with Crippen molar-refractivity contribution in [2.75, 3.05) is 6.79 Å². The molecule has 0 unspecified atom stereocenters. The van der Waals surface area contributed by atoms with Gasteiger partial charge in [-0.2, -0.15) is 0 Å². The van der Waals surface area contributed by atoms with E-state index in [0.717, 1.165) is 54.5 Å². The van der Waals surface area contributed by atoms with E-state index in [0.29, 0.717) is 5.69 Å². The first-order valence-electron chi connectivity index (χ1n) is 8.99. The Hall–Kier alpha value is -2.70. The number of imidazole rings is 1. The first-order chi connectivity index (χ1) is 12.6. The number of amides is 1. The van der Waals surface area contributed by atoms with Gasteiger partial charge >= 0.3 is 0 Å². The van der Waals surface area contributed by atoms with E-state index in [-0.39, 0.29) is 24.8 Å². The summed E-state index contributed by atoms with van der Waals surface area (Å²) >= 11 is 0. The van der Waals surface area contributed by atoms with Crippen molar-refractivity contribution in [3.63, 3.8) is 0 Å². The molecule has 7 heteroatoms. The van der Waals surface area contributed by atoms with Crippen LogP contribution in [0, 0.1) is 13.8 Å². The predicted molar refractivity (Wildman–Crippen MR) is 94.8 cm³/mol. The highest BCUT2D eigenvalue weighted by molar-refractivity contribution is 5.93. The highest BCUT2D eigenvalue weighted by atomic mass is 16.7. The lowest BCUT2D eigenvalue weighted by molar-refractivity contribution is 0.0888. The molecule has 2 heterocycles. The van der Waals surface area contributed by atoms with Gasteiger partial charge in [0.1, 0.15) is 17.3 Å². The lowest BCUT2D eigenvalue weighted by Crippen LogP contribution is -2.40. The van der Waals surface area contributed by atoms with Crippen LogP contribution in [0.15, 0.2) is 18.2 Å². The number of aromatic nitrogens is 2. The monoisotopic (exact) mass is 357 g/mol. The number of hydrogen-bond acceptors (Lipinski definition) is 5. The van der Waals surface area contributed by atoms with Crippen LogP contribution in [0.3, 0.4) is 0 Å². The molecule has 1 fully saturated rings. The average Bonchev–Trinajstić information content (AvgIpc) is 3.22. The smallest absolute Gasteiger partial charge is 0.271 e. The topological polar surface area (TPSA) is 85.5 Å². The van der Waals surface area contributed by atoms with Crippen LogP contribution >= 0.6 is 0 Å². The highest BCUT2D eigenvalue weighted by Crippen LogP contribution is 2.36. The summed E-state index contributed by atoms with van der Waals surface area (Å²) < 4.78 is 16.8. The van der Waals surface area contributed by atoms with Gasteiger partial charge in [0, 0.05) is 17.8 Å². The van der Waals surface area contributed by atoms with Crippen molar-refractivity contribution >= 4 is 5.91 Å². The normalized spacial score (nSPS) is 21.5. The second kappa shape index (κ2) is 6.90. The largest absolute Gasteiger partial charge is 0.490 e. The first-order valence-corrected chi connectivity index (χ1v) is 8.99. The Morgan fingerprint density at radius 2 is 1.96 bits per heavy atom. The van der Waals surface area contributed by atoms with Gasteiger partial charge in [0.25, 0.3) is 5.91 Å². The van der Waals surface area contributed by atoms with Crippen LogP contribution in [-0.2, 0) is 0 Å². The van der Waals surface area contributed by atoms with Crippen LogP contribution in [-0.4, -0.2) is 34.8 Å². The number of nitrogens with one attached hydrogen (secondary N) is 2. The second-order valence-corrected chi connectivity index (χ2v) is 6.88. The van der Waals surface area contributed by atoms with E-state index in [2.05, 4.69) is 15.3 Å². The van der Waals surface area contributed by atoms with Gasteiger partial charge in [-0.3, -0.25) is 4.79 Å². The van der Waals surface area contributed by atoms with Crippen LogP contribution in [0.5, 0.6) is 17.2 Å². The minimum absolute atomic E-state index is 0.105.